The van der Waals surface area contributed by atoms with Gasteiger partial charge in [-0.3, -0.25) is 4.99 Å². The molecule has 5 nitrogen and oxygen atoms in total. The highest BCUT2D eigenvalue weighted by Crippen LogP contribution is 2.11. The molecule has 7 heteroatoms. The van der Waals surface area contributed by atoms with Crippen molar-refractivity contribution in [3.63, 3.8) is 0 Å². The van der Waals surface area contributed by atoms with Crippen molar-refractivity contribution in [1.82, 2.24) is 10.6 Å². The molecule has 1 aliphatic heterocycles. The number of guanidine groups is 1. The Balaban J connectivity index is 1.75. The number of rotatable bonds is 4. The highest BCUT2D eigenvalue weighted by atomic mass is 32.2. The average Bonchev–Trinajstić information content (AvgIpc) is 2.98. The molecule has 0 aromatic carbocycles. The van der Waals surface area contributed by atoms with Gasteiger partial charge in [-0.2, -0.15) is 0 Å². The summed E-state index contributed by atoms with van der Waals surface area (Å²) < 4.78 is 22.8. The number of hydrogen-bond acceptors (Lipinski definition) is 4. The number of sulfone groups is 1. The van der Waals surface area contributed by atoms with E-state index >= 15 is 0 Å². The largest absolute Gasteiger partial charge is 0.356 e. The minimum absolute atomic E-state index is 0.0158. The average molecular weight is 301 g/mol. The fourth-order valence-electron chi connectivity index (χ4n) is 2.06. The first kappa shape index (κ1) is 14.3. The summed E-state index contributed by atoms with van der Waals surface area (Å²) >= 11 is 1.74. The molecule has 2 N–H and O–H groups in total. The van der Waals surface area contributed by atoms with E-state index in [0.717, 1.165) is 13.0 Å². The van der Waals surface area contributed by atoms with Crippen LogP contribution in [0.1, 0.15) is 11.3 Å². The fraction of sp³-hybridized carbons (Fsp3) is 0.583. The van der Waals surface area contributed by atoms with E-state index in [-0.39, 0.29) is 17.5 Å². The molecule has 1 saturated heterocycles. The molecule has 106 valence electrons. The van der Waals surface area contributed by atoms with Gasteiger partial charge in [0.2, 0.25) is 0 Å². The summed E-state index contributed by atoms with van der Waals surface area (Å²) in [6.45, 7) is 0.791. The lowest BCUT2D eigenvalue weighted by Gasteiger charge is -2.15. The maximum atomic E-state index is 11.4. The first-order valence-corrected chi connectivity index (χ1v) is 8.99. The number of aliphatic imine (C=N–C) groups is 1. The molecule has 1 atom stereocenters. The molecule has 1 unspecified atom stereocenters. The molecular formula is C12H19N3O2S2. The van der Waals surface area contributed by atoms with Gasteiger partial charge in [0.05, 0.1) is 11.5 Å². The molecule has 1 aromatic rings. The highest BCUT2D eigenvalue weighted by molar-refractivity contribution is 7.91. The van der Waals surface area contributed by atoms with E-state index in [4.69, 9.17) is 0 Å². The van der Waals surface area contributed by atoms with Gasteiger partial charge in [0.1, 0.15) is 0 Å². The molecule has 0 spiro atoms. The molecule has 0 aliphatic carbocycles. The van der Waals surface area contributed by atoms with Gasteiger partial charge in [-0.1, -0.05) is 6.07 Å². The zero-order chi connectivity index (χ0) is 13.7. The van der Waals surface area contributed by atoms with Crippen LogP contribution >= 0.6 is 11.3 Å². The summed E-state index contributed by atoms with van der Waals surface area (Å²) in [4.78, 5) is 5.45. The van der Waals surface area contributed by atoms with E-state index in [1.165, 1.54) is 4.88 Å². The second-order valence-corrected chi connectivity index (χ2v) is 7.83. The third-order valence-corrected chi connectivity index (χ3v) is 5.74. The van der Waals surface area contributed by atoms with Gasteiger partial charge in [-0.25, -0.2) is 8.42 Å². The first-order chi connectivity index (χ1) is 9.09. The van der Waals surface area contributed by atoms with Gasteiger partial charge < -0.3 is 10.6 Å². The first-order valence-electron chi connectivity index (χ1n) is 6.29. The van der Waals surface area contributed by atoms with Crippen LogP contribution in [0.15, 0.2) is 22.5 Å². The number of nitrogens with zero attached hydrogens (tertiary/aromatic N) is 1. The van der Waals surface area contributed by atoms with Crippen molar-refractivity contribution in [3.8, 4) is 0 Å². The van der Waals surface area contributed by atoms with Crippen LogP contribution in [0.25, 0.3) is 0 Å². The Kier molecular flexibility index (Phi) is 4.81. The van der Waals surface area contributed by atoms with Crippen molar-refractivity contribution in [3.05, 3.63) is 22.4 Å². The third kappa shape index (κ3) is 4.50. The van der Waals surface area contributed by atoms with E-state index in [1.54, 1.807) is 18.4 Å². The van der Waals surface area contributed by atoms with Gasteiger partial charge in [0.15, 0.2) is 15.8 Å². The van der Waals surface area contributed by atoms with Crippen LogP contribution in [0.2, 0.25) is 0 Å². The fourth-order valence-corrected chi connectivity index (χ4v) is 4.44. The minimum atomic E-state index is -2.85. The Labute approximate surface area is 118 Å². The van der Waals surface area contributed by atoms with Crippen LogP contribution < -0.4 is 10.6 Å². The smallest absolute Gasteiger partial charge is 0.191 e. The predicted octanol–water partition coefficient (Wildman–Crippen LogP) is 0.643. The van der Waals surface area contributed by atoms with Gasteiger partial charge in [0.25, 0.3) is 0 Å². The van der Waals surface area contributed by atoms with Crippen LogP contribution in [-0.2, 0) is 16.3 Å². The normalized spacial score (nSPS) is 22.4. The zero-order valence-corrected chi connectivity index (χ0v) is 12.6. The van der Waals surface area contributed by atoms with E-state index in [0.29, 0.717) is 12.4 Å². The lowest BCUT2D eigenvalue weighted by atomic mass is 10.3. The van der Waals surface area contributed by atoms with Crippen LogP contribution in [0.5, 0.6) is 0 Å². The van der Waals surface area contributed by atoms with Crippen LogP contribution in [0, 0.1) is 0 Å². The molecule has 0 bridgehead atoms. The molecule has 0 saturated carbocycles. The monoisotopic (exact) mass is 301 g/mol. The van der Waals surface area contributed by atoms with E-state index in [1.807, 2.05) is 6.07 Å². The van der Waals surface area contributed by atoms with Crippen molar-refractivity contribution in [1.29, 1.82) is 0 Å². The molecule has 1 aromatic heterocycles. The minimum Gasteiger partial charge on any atom is -0.356 e. The van der Waals surface area contributed by atoms with Gasteiger partial charge in [0, 0.05) is 24.5 Å². The highest BCUT2D eigenvalue weighted by Gasteiger charge is 2.28. The van der Waals surface area contributed by atoms with Crippen molar-refractivity contribution in [2.45, 2.75) is 18.9 Å². The number of thiophene rings is 1. The van der Waals surface area contributed by atoms with Crippen LogP contribution in [0.4, 0.5) is 0 Å². The molecule has 1 aliphatic rings. The van der Waals surface area contributed by atoms with Crippen molar-refractivity contribution >= 4 is 27.1 Å². The molecule has 1 fully saturated rings. The maximum absolute atomic E-state index is 11.4. The van der Waals surface area contributed by atoms with E-state index < -0.39 is 9.84 Å². The lowest BCUT2D eigenvalue weighted by molar-refractivity contribution is 0.599. The summed E-state index contributed by atoms with van der Waals surface area (Å²) in [7, 11) is -1.15. The Bertz CT molecular complexity index is 523. The molecule has 0 radical (unpaired) electrons. The lowest BCUT2D eigenvalue weighted by Crippen LogP contribution is -2.44. The maximum Gasteiger partial charge on any atom is 0.191 e. The molecule has 2 heterocycles. The Hall–Kier alpha value is -1.08. The van der Waals surface area contributed by atoms with Gasteiger partial charge in [-0.05, 0) is 24.3 Å². The number of hydrogen-bond donors (Lipinski definition) is 2. The summed E-state index contributed by atoms with van der Waals surface area (Å²) in [5.41, 5.74) is 0. The van der Waals surface area contributed by atoms with E-state index in [9.17, 15) is 8.42 Å². The Morgan fingerprint density at radius 1 is 1.58 bits per heavy atom. The summed E-state index contributed by atoms with van der Waals surface area (Å²) in [5.74, 6) is 1.16. The number of nitrogens with one attached hydrogen (secondary N) is 2. The second kappa shape index (κ2) is 6.38. The van der Waals surface area contributed by atoms with Crippen molar-refractivity contribution in [2.24, 2.45) is 4.99 Å². The standard InChI is InChI=1S/C12H19N3O2S2/c1-13-12(14-6-4-11-3-2-7-18-11)15-10-5-8-19(16,17)9-10/h2-3,7,10H,4-6,8-9H2,1H3,(H2,13,14,15). The van der Waals surface area contributed by atoms with Crippen molar-refractivity contribution < 1.29 is 8.42 Å². The molecule has 0 amide bonds. The quantitative estimate of drug-likeness (QED) is 0.632. The molecule has 19 heavy (non-hydrogen) atoms. The summed E-state index contributed by atoms with van der Waals surface area (Å²) in [6, 6.07) is 4.13. The summed E-state index contributed by atoms with van der Waals surface area (Å²) in [5, 5.41) is 8.44. The topological polar surface area (TPSA) is 70.6 Å². The summed E-state index contributed by atoms with van der Waals surface area (Å²) in [6.07, 6.45) is 1.61. The molecule has 2 rings (SSSR count). The zero-order valence-electron chi connectivity index (χ0n) is 10.9. The molecular weight excluding hydrogens is 282 g/mol. The second-order valence-electron chi connectivity index (χ2n) is 4.57. The Morgan fingerprint density at radius 2 is 2.42 bits per heavy atom. The van der Waals surface area contributed by atoms with Crippen LogP contribution in [-0.4, -0.2) is 45.5 Å². The third-order valence-electron chi connectivity index (χ3n) is 3.04. The van der Waals surface area contributed by atoms with Crippen molar-refractivity contribution in [2.75, 3.05) is 25.1 Å². The Morgan fingerprint density at radius 3 is 3.00 bits per heavy atom. The van der Waals surface area contributed by atoms with Gasteiger partial charge >= 0.3 is 0 Å². The van der Waals surface area contributed by atoms with Gasteiger partial charge in [-0.15, -0.1) is 11.3 Å². The SMILES string of the molecule is CN=C(NCCc1cccs1)NC1CCS(=O)(=O)C1. The van der Waals surface area contributed by atoms with Crippen LogP contribution in [0.3, 0.4) is 0 Å². The predicted molar refractivity (Wildman–Crippen MR) is 79.6 cm³/mol. The van der Waals surface area contributed by atoms with E-state index in [2.05, 4.69) is 27.1 Å².